The predicted molar refractivity (Wildman–Crippen MR) is 120 cm³/mol. The second-order valence-corrected chi connectivity index (χ2v) is 7.78. The van der Waals surface area contributed by atoms with E-state index in [1.54, 1.807) is 7.11 Å². The third kappa shape index (κ3) is 4.68. The molecule has 0 radical (unpaired) electrons. The van der Waals surface area contributed by atoms with E-state index >= 15 is 0 Å². The molecule has 1 amide bonds. The van der Waals surface area contributed by atoms with Crippen LogP contribution in [0.5, 0.6) is 5.75 Å². The molecule has 2 aromatic carbocycles. The van der Waals surface area contributed by atoms with Gasteiger partial charge in [0.15, 0.2) is 0 Å². The third-order valence-corrected chi connectivity index (χ3v) is 5.79. The Balaban J connectivity index is 1.45. The maximum Gasteiger partial charge on any atom is 0.255 e. The van der Waals surface area contributed by atoms with Gasteiger partial charge in [0, 0.05) is 56.2 Å². The number of ether oxygens (including phenoxy) is 2. The molecule has 2 aliphatic rings. The summed E-state index contributed by atoms with van der Waals surface area (Å²) in [5, 5.41) is 3.03. The number of morpholine rings is 1. The van der Waals surface area contributed by atoms with Crippen molar-refractivity contribution in [2.45, 2.75) is 0 Å². The van der Waals surface area contributed by atoms with Crippen molar-refractivity contribution < 1.29 is 14.3 Å². The molecule has 0 atom stereocenters. The minimum Gasteiger partial charge on any atom is -0.495 e. The molecular weight excluding hydrogens is 380 g/mol. The van der Waals surface area contributed by atoms with Crippen LogP contribution in [0.15, 0.2) is 42.5 Å². The highest BCUT2D eigenvalue weighted by Crippen LogP contribution is 2.32. The van der Waals surface area contributed by atoms with Crippen molar-refractivity contribution in [2.75, 3.05) is 81.8 Å². The van der Waals surface area contributed by atoms with Crippen molar-refractivity contribution in [1.29, 1.82) is 0 Å². The Morgan fingerprint density at radius 1 is 0.933 bits per heavy atom. The van der Waals surface area contributed by atoms with Gasteiger partial charge < -0.3 is 29.5 Å². The van der Waals surface area contributed by atoms with E-state index in [2.05, 4.69) is 27.1 Å². The molecule has 0 aromatic heterocycles. The van der Waals surface area contributed by atoms with Gasteiger partial charge in [0.1, 0.15) is 5.75 Å². The Morgan fingerprint density at radius 3 is 2.30 bits per heavy atom. The summed E-state index contributed by atoms with van der Waals surface area (Å²) >= 11 is 0. The lowest BCUT2D eigenvalue weighted by Gasteiger charge is -2.35. The van der Waals surface area contributed by atoms with Crippen molar-refractivity contribution in [2.24, 2.45) is 0 Å². The van der Waals surface area contributed by atoms with Crippen molar-refractivity contribution in [1.82, 2.24) is 4.90 Å². The zero-order chi connectivity index (χ0) is 20.9. The lowest BCUT2D eigenvalue weighted by atomic mass is 10.1. The Kier molecular flexibility index (Phi) is 6.40. The molecule has 160 valence electrons. The Hall–Kier alpha value is -2.77. The summed E-state index contributed by atoms with van der Waals surface area (Å²) in [7, 11) is 3.82. The Morgan fingerprint density at radius 2 is 1.63 bits per heavy atom. The van der Waals surface area contributed by atoms with Gasteiger partial charge in [0.2, 0.25) is 0 Å². The smallest absolute Gasteiger partial charge is 0.255 e. The summed E-state index contributed by atoms with van der Waals surface area (Å²) < 4.78 is 11.0. The van der Waals surface area contributed by atoms with Crippen LogP contribution in [0.4, 0.5) is 17.1 Å². The number of rotatable bonds is 5. The molecule has 0 unspecified atom stereocenters. The minimum atomic E-state index is -0.113. The predicted octanol–water partition coefficient (Wildman–Crippen LogP) is 2.54. The summed E-state index contributed by atoms with van der Waals surface area (Å²) in [5.41, 5.74) is 3.55. The summed E-state index contributed by atoms with van der Waals surface area (Å²) in [5.74, 6) is 0.713. The van der Waals surface area contributed by atoms with Gasteiger partial charge >= 0.3 is 0 Å². The number of hydrogen-bond acceptors (Lipinski definition) is 6. The number of carbonyl (C=O) groups excluding carboxylic acids is 1. The average Bonchev–Trinajstić information content (AvgIpc) is 2.80. The molecule has 30 heavy (non-hydrogen) atoms. The van der Waals surface area contributed by atoms with Crippen molar-refractivity contribution in [3.05, 3.63) is 48.0 Å². The van der Waals surface area contributed by atoms with Crippen molar-refractivity contribution in [3.63, 3.8) is 0 Å². The zero-order valence-electron chi connectivity index (χ0n) is 17.8. The fourth-order valence-electron chi connectivity index (χ4n) is 3.91. The molecule has 2 aromatic rings. The molecular formula is C23H30N4O3. The summed E-state index contributed by atoms with van der Waals surface area (Å²) in [6.07, 6.45) is 0. The molecule has 0 bridgehead atoms. The lowest BCUT2D eigenvalue weighted by molar-refractivity contribution is 0.102. The molecule has 0 aliphatic carbocycles. The van der Waals surface area contributed by atoms with Crippen LogP contribution < -0.4 is 19.9 Å². The van der Waals surface area contributed by atoms with E-state index in [1.165, 1.54) is 0 Å². The van der Waals surface area contributed by atoms with E-state index in [9.17, 15) is 4.79 Å². The van der Waals surface area contributed by atoms with Crippen LogP contribution in [0.3, 0.4) is 0 Å². The van der Waals surface area contributed by atoms with Gasteiger partial charge in [0.05, 0.1) is 26.0 Å². The Bertz CT molecular complexity index is 857. The van der Waals surface area contributed by atoms with E-state index < -0.39 is 0 Å². The number of amides is 1. The topological polar surface area (TPSA) is 57.3 Å². The number of benzene rings is 2. The molecule has 0 spiro atoms. The number of methoxy groups -OCH3 is 1. The molecule has 2 saturated heterocycles. The zero-order valence-corrected chi connectivity index (χ0v) is 17.8. The lowest BCUT2D eigenvalue weighted by Crippen LogP contribution is -2.44. The monoisotopic (exact) mass is 410 g/mol. The first-order valence-electron chi connectivity index (χ1n) is 10.5. The molecule has 2 aliphatic heterocycles. The average molecular weight is 411 g/mol. The van der Waals surface area contributed by atoms with Gasteiger partial charge in [-0.2, -0.15) is 0 Å². The second-order valence-electron chi connectivity index (χ2n) is 7.78. The Labute approximate surface area is 178 Å². The molecule has 7 heteroatoms. The first kappa shape index (κ1) is 20.5. The second kappa shape index (κ2) is 9.36. The van der Waals surface area contributed by atoms with Gasteiger partial charge in [-0.15, -0.1) is 0 Å². The van der Waals surface area contributed by atoms with Crippen LogP contribution >= 0.6 is 0 Å². The fourth-order valence-corrected chi connectivity index (χ4v) is 3.91. The van der Waals surface area contributed by atoms with E-state index in [0.717, 1.165) is 75.3 Å². The van der Waals surface area contributed by atoms with E-state index in [0.29, 0.717) is 5.56 Å². The van der Waals surface area contributed by atoms with Gasteiger partial charge in [-0.25, -0.2) is 0 Å². The number of carbonyl (C=O) groups is 1. The highest BCUT2D eigenvalue weighted by atomic mass is 16.5. The molecule has 1 N–H and O–H groups in total. The highest BCUT2D eigenvalue weighted by molar-refractivity contribution is 6.04. The van der Waals surface area contributed by atoms with Gasteiger partial charge in [-0.3, -0.25) is 4.79 Å². The standard InChI is InChI=1S/C23H30N4O3/c1-25-9-11-27(12-10-25)21-17-19(5-8-22(21)29-2)24-23(28)18-3-6-20(7-4-18)26-13-15-30-16-14-26/h3-8,17H,9-16H2,1-2H3,(H,24,28). The number of piperazine rings is 1. The number of likely N-dealkylation sites (N-methyl/N-ethyl adjacent to an activating group) is 1. The van der Waals surface area contributed by atoms with Crippen molar-refractivity contribution >= 4 is 23.0 Å². The first-order chi connectivity index (χ1) is 14.6. The van der Waals surface area contributed by atoms with E-state index in [-0.39, 0.29) is 5.91 Å². The van der Waals surface area contributed by atoms with Crippen LogP contribution in [0.1, 0.15) is 10.4 Å². The maximum absolute atomic E-state index is 12.8. The summed E-state index contributed by atoms with van der Waals surface area (Å²) in [6, 6.07) is 13.6. The van der Waals surface area contributed by atoms with Gasteiger partial charge in [-0.1, -0.05) is 0 Å². The van der Waals surface area contributed by atoms with Crippen LogP contribution in [0.25, 0.3) is 0 Å². The number of nitrogens with one attached hydrogen (secondary N) is 1. The van der Waals surface area contributed by atoms with Crippen LogP contribution in [-0.2, 0) is 4.74 Å². The molecule has 7 nitrogen and oxygen atoms in total. The third-order valence-electron chi connectivity index (χ3n) is 5.79. The van der Waals surface area contributed by atoms with E-state index in [1.807, 2.05) is 42.5 Å². The summed E-state index contributed by atoms with van der Waals surface area (Å²) in [6.45, 7) is 7.15. The quantitative estimate of drug-likeness (QED) is 0.818. The van der Waals surface area contributed by atoms with E-state index in [4.69, 9.17) is 9.47 Å². The number of hydrogen-bond donors (Lipinski definition) is 1. The largest absolute Gasteiger partial charge is 0.495 e. The molecule has 0 saturated carbocycles. The number of anilines is 3. The van der Waals surface area contributed by atoms with Crippen LogP contribution in [-0.4, -0.2) is 77.4 Å². The molecule has 2 fully saturated rings. The van der Waals surface area contributed by atoms with Crippen molar-refractivity contribution in [3.8, 4) is 5.75 Å². The van der Waals surface area contributed by atoms with Crippen LogP contribution in [0, 0.1) is 0 Å². The minimum absolute atomic E-state index is 0.113. The SMILES string of the molecule is COc1ccc(NC(=O)c2ccc(N3CCOCC3)cc2)cc1N1CCN(C)CC1. The normalized spacial score (nSPS) is 17.7. The fraction of sp³-hybridized carbons (Fsp3) is 0.435. The highest BCUT2D eigenvalue weighted by Gasteiger charge is 2.19. The first-order valence-corrected chi connectivity index (χ1v) is 10.5. The molecule has 4 rings (SSSR count). The molecule has 2 heterocycles. The maximum atomic E-state index is 12.8. The summed E-state index contributed by atoms with van der Waals surface area (Å²) in [4.78, 5) is 19.7. The van der Waals surface area contributed by atoms with Crippen LogP contribution in [0.2, 0.25) is 0 Å². The number of nitrogens with zero attached hydrogens (tertiary/aromatic N) is 3. The van der Waals surface area contributed by atoms with Gasteiger partial charge in [-0.05, 0) is 49.5 Å². The van der Waals surface area contributed by atoms with Gasteiger partial charge in [0.25, 0.3) is 5.91 Å².